The highest BCUT2D eigenvalue weighted by molar-refractivity contribution is 7.09. The molecule has 0 saturated heterocycles. The first kappa shape index (κ1) is 22.3. The van der Waals surface area contributed by atoms with Crippen molar-refractivity contribution in [2.45, 2.75) is 19.5 Å². The molecule has 2 aromatic heterocycles. The number of hydrogen-bond donors (Lipinski definition) is 1. The van der Waals surface area contributed by atoms with Crippen LogP contribution in [0.15, 0.2) is 84.8 Å². The predicted molar refractivity (Wildman–Crippen MR) is 130 cm³/mol. The molecule has 2 heterocycles. The number of nitrogens with zero attached hydrogens (tertiary/aromatic N) is 3. The molecule has 0 aliphatic carbocycles. The second-order valence-electron chi connectivity index (χ2n) is 7.35. The first-order valence-corrected chi connectivity index (χ1v) is 11.3. The van der Waals surface area contributed by atoms with Crippen molar-refractivity contribution in [1.29, 1.82) is 0 Å². The van der Waals surface area contributed by atoms with E-state index in [2.05, 4.69) is 10.3 Å². The van der Waals surface area contributed by atoms with Crippen LogP contribution in [-0.4, -0.2) is 28.5 Å². The molecular weight excluding hydrogens is 436 g/mol. The highest BCUT2D eigenvalue weighted by atomic mass is 32.1. The minimum absolute atomic E-state index is 0.126. The number of amides is 2. The van der Waals surface area contributed by atoms with Gasteiger partial charge in [-0.15, -0.1) is 11.3 Å². The first-order chi connectivity index (χ1) is 16.1. The summed E-state index contributed by atoms with van der Waals surface area (Å²) in [5.41, 5.74) is 1.85. The summed E-state index contributed by atoms with van der Waals surface area (Å²) in [6.07, 6.45) is 5.48. The molecule has 0 fully saturated rings. The molecule has 0 bridgehead atoms. The molecule has 0 radical (unpaired) electrons. The molecule has 8 heteroatoms. The van der Waals surface area contributed by atoms with Crippen molar-refractivity contribution >= 4 is 34.5 Å². The van der Waals surface area contributed by atoms with Crippen LogP contribution >= 0.6 is 11.3 Å². The predicted octanol–water partition coefficient (Wildman–Crippen LogP) is 4.83. The largest absolute Gasteiger partial charge is 0.497 e. The molecule has 168 valence electrons. The van der Waals surface area contributed by atoms with Crippen LogP contribution in [0.1, 0.15) is 21.7 Å². The number of anilines is 2. The van der Waals surface area contributed by atoms with Gasteiger partial charge >= 0.3 is 0 Å². The summed E-state index contributed by atoms with van der Waals surface area (Å²) in [4.78, 5) is 32.7. The van der Waals surface area contributed by atoms with Gasteiger partial charge in [0.2, 0.25) is 5.91 Å². The number of benzene rings is 2. The smallest absolute Gasteiger partial charge is 0.258 e. The van der Waals surface area contributed by atoms with E-state index in [4.69, 9.17) is 4.74 Å². The topological polar surface area (TPSA) is 76.5 Å². The van der Waals surface area contributed by atoms with Crippen LogP contribution in [0.5, 0.6) is 5.75 Å². The standard InChI is InChI=1S/C25H24N4O3S/c1-32-22-9-7-21(8-10-22)29(17-23-6-3-15-33-23)25(31)19-4-2-5-20(16-19)27-24(30)11-13-28-14-12-26-18-28/h2-10,12,14-16,18H,11,13,17H2,1H3,(H,27,30). The summed E-state index contributed by atoms with van der Waals surface area (Å²) in [6, 6.07) is 18.4. The summed E-state index contributed by atoms with van der Waals surface area (Å²) in [6.45, 7) is 0.987. The number of ether oxygens (including phenoxy) is 1. The molecular formula is C25H24N4O3S. The van der Waals surface area contributed by atoms with Gasteiger partial charge in [-0.25, -0.2) is 4.98 Å². The summed E-state index contributed by atoms with van der Waals surface area (Å²) in [7, 11) is 1.61. The van der Waals surface area contributed by atoms with Crippen molar-refractivity contribution in [3.05, 3.63) is 95.2 Å². The maximum Gasteiger partial charge on any atom is 0.258 e. The number of aromatic nitrogens is 2. The number of thiophene rings is 1. The molecule has 4 rings (SSSR count). The Hall–Kier alpha value is -3.91. The Morgan fingerprint density at radius 2 is 1.97 bits per heavy atom. The van der Waals surface area contributed by atoms with Gasteiger partial charge in [-0.2, -0.15) is 0 Å². The third-order valence-corrected chi connectivity index (χ3v) is 5.93. The molecule has 2 aromatic carbocycles. The highest BCUT2D eigenvalue weighted by Gasteiger charge is 2.19. The van der Waals surface area contributed by atoms with Crippen LogP contribution in [-0.2, 0) is 17.9 Å². The van der Waals surface area contributed by atoms with Crippen LogP contribution in [0.2, 0.25) is 0 Å². The van der Waals surface area contributed by atoms with E-state index in [0.29, 0.717) is 30.8 Å². The van der Waals surface area contributed by atoms with Gasteiger partial charge in [-0.05, 0) is 53.9 Å². The van der Waals surface area contributed by atoms with E-state index < -0.39 is 0 Å². The Bertz CT molecular complexity index is 1190. The Morgan fingerprint density at radius 3 is 2.67 bits per heavy atom. The quantitative estimate of drug-likeness (QED) is 0.388. The van der Waals surface area contributed by atoms with E-state index in [1.807, 2.05) is 52.5 Å². The van der Waals surface area contributed by atoms with Gasteiger partial charge in [-0.3, -0.25) is 9.59 Å². The van der Waals surface area contributed by atoms with Crippen LogP contribution < -0.4 is 15.0 Å². The lowest BCUT2D eigenvalue weighted by Crippen LogP contribution is -2.30. The zero-order valence-electron chi connectivity index (χ0n) is 18.2. The van der Waals surface area contributed by atoms with Crippen molar-refractivity contribution in [3.8, 4) is 5.75 Å². The van der Waals surface area contributed by atoms with E-state index >= 15 is 0 Å². The fraction of sp³-hybridized carbons (Fsp3) is 0.160. The van der Waals surface area contributed by atoms with Crippen molar-refractivity contribution in [1.82, 2.24) is 9.55 Å². The van der Waals surface area contributed by atoms with Gasteiger partial charge < -0.3 is 19.5 Å². The number of carbonyl (C=O) groups is 2. The van der Waals surface area contributed by atoms with Gasteiger partial charge in [0.15, 0.2) is 0 Å². The monoisotopic (exact) mass is 460 g/mol. The van der Waals surface area contributed by atoms with Crippen molar-refractivity contribution in [3.63, 3.8) is 0 Å². The number of aryl methyl sites for hydroxylation is 1. The van der Waals surface area contributed by atoms with Crippen LogP contribution in [0.25, 0.3) is 0 Å². The van der Waals surface area contributed by atoms with E-state index in [9.17, 15) is 9.59 Å². The average molecular weight is 461 g/mol. The normalized spacial score (nSPS) is 10.6. The van der Waals surface area contributed by atoms with Gasteiger partial charge in [0, 0.05) is 47.2 Å². The maximum absolute atomic E-state index is 13.5. The Morgan fingerprint density at radius 1 is 1.12 bits per heavy atom. The first-order valence-electron chi connectivity index (χ1n) is 10.5. The molecule has 0 saturated carbocycles. The fourth-order valence-electron chi connectivity index (χ4n) is 3.36. The molecule has 0 spiro atoms. The lowest BCUT2D eigenvalue weighted by molar-refractivity contribution is -0.116. The Labute approximate surface area is 196 Å². The minimum Gasteiger partial charge on any atom is -0.497 e. The summed E-state index contributed by atoms with van der Waals surface area (Å²) >= 11 is 1.60. The number of methoxy groups -OCH3 is 1. The number of carbonyl (C=O) groups excluding carboxylic acids is 2. The lowest BCUT2D eigenvalue weighted by Gasteiger charge is -2.23. The molecule has 33 heavy (non-hydrogen) atoms. The lowest BCUT2D eigenvalue weighted by atomic mass is 10.1. The minimum atomic E-state index is -0.150. The zero-order chi connectivity index (χ0) is 23.0. The van der Waals surface area contributed by atoms with E-state index in [0.717, 1.165) is 16.3 Å². The second-order valence-corrected chi connectivity index (χ2v) is 8.38. The van der Waals surface area contributed by atoms with E-state index in [1.54, 1.807) is 60.1 Å². The molecule has 7 nitrogen and oxygen atoms in total. The van der Waals surface area contributed by atoms with Gasteiger partial charge in [-0.1, -0.05) is 12.1 Å². The number of rotatable bonds is 9. The molecule has 2 amide bonds. The molecule has 0 aliphatic rings. The zero-order valence-corrected chi connectivity index (χ0v) is 19.0. The van der Waals surface area contributed by atoms with Crippen molar-refractivity contribution in [2.75, 3.05) is 17.3 Å². The molecule has 0 atom stereocenters. The number of hydrogen-bond acceptors (Lipinski definition) is 5. The third kappa shape index (κ3) is 5.87. The van der Waals surface area contributed by atoms with Gasteiger partial charge in [0.1, 0.15) is 5.75 Å². The molecule has 0 unspecified atom stereocenters. The van der Waals surface area contributed by atoms with Gasteiger partial charge in [0.05, 0.1) is 20.0 Å². The Balaban J connectivity index is 1.51. The van der Waals surface area contributed by atoms with E-state index in [-0.39, 0.29) is 11.8 Å². The van der Waals surface area contributed by atoms with Crippen LogP contribution in [0.3, 0.4) is 0 Å². The molecule has 4 aromatic rings. The fourth-order valence-corrected chi connectivity index (χ4v) is 4.05. The maximum atomic E-state index is 13.5. The van der Waals surface area contributed by atoms with Crippen LogP contribution in [0, 0.1) is 0 Å². The summed E-state index contributed by atoms with van der Waals surface area (Å²) in [5, 5.41) is 4.87. The molecule has 1 N–H and O–H groups in total. The number of nitrogens with one attached hydrogen (secondary N) is 1. The summed E-state index contributed by atoms with van der Waals surface area (Å²) in [5.74, 6) is 0.449. The van der Waals surface area contributed by atoms with Gasteiger partial charge in [0.25, 0.3) is 5.91 Å². The average Bonchev–Trinajstić information content (AvgIpc) is 3.55. The second kappa shape index (κ2) is 10.6. The van der Waals surface area contributed by atoms with Crippen molar-refractivity contribution in [2.24, 2.45) is 0 Å². The highest BCUT2D eigenvalue weighted by Crippen LogP contribution is 2.25. The summed E-state index contributed by atoms with van der Waals surface area (Å²) < 4.78 is 7.09. The van der Waals surface area contributed by atoms with Crippen molar-refractivity contribution < 1.29 is 14.3 Å². The third-order valence-electron chi connectivity index (χ3n) is 5.07. The Kier molecular flexibility index (Phi) is 7.16. The SMILES string of the molecule is COc1ccc(N(Cc2cccs2)C(=O)c2cccc(NC(=O)CCn3ccnc3)c2)cc1. The van der Waals surface area contributed by atoms with E-state index in [1.165, 1.54) is 0 Å². The van der Waals surface area contributed by atoms with Crippen LogP contribution in [0.4, 0.5) is 11.4 Å². The number of imidazole rings is 1. The molecule has 0 aliphatic heterocycles.